The first kappa shape index (κ1) is 27.6. The number of piperazine rings is 1. The van der Waals surface area contributed by atoms with Crippen LogP contribution < -0.4 is 5.32 Å². The van der Waals surface area contributed by atoms with Crippen molar-refractivity contribution in [1.29, 1.82) is 0 Å². The van der Waals surface area contributed by atoms with Crippen molar-refractivity contribution >= 4 is 48.8 Å². The summed E-state index contributed by atoms with van der Waals surface area (Å²) in [5.41, 5.74) is 4.06. The molecule has 3 rings (SSSR count). The van der Waals surface area contributed by atoms with E-state index in [2.05, 4.69) is 46.1 Å². The molecule has 5 nitrogen and oxygen atoms in total. The maximum absolute atomic E-state index is 11.1. The Bertz CT molecular complexity index is 731. The number of benzene rings is 1. The van der Waals surface area contributed by atoms with Gasteiger partial charge in [-0.1, -0.05) is 18.2 Å². The summed E-state index contributed by atoms with van der Waals surface area (Å²) < 4.78 is 0. The number of carbonyl (C=O) groups is 1. The van der Waals surface area contributed by atoms with Gasteiger partial charge in [0, 0.05) is 63.1 Å². The highest BCUT2D eigenvalue weighted by molar-refractivity contribution is 5.88. The van der Waals surface area contributed by atoms with Gasteiger partial charge in [-0.3, -0.25) is 19.6 Å². The molecular formula is C21H31Cl3N4O. The van der Waals surface area contributed by atoms with Crippen molar-refractivity contribution in [3.8, 4) is 11.3 Å². The first-order valence-electron chi connectivity index (χ1n) is 9.30. The van der Waals surface area contributed by atoms with Gasteiger partial charge in [-0.2, -0.15) is 0 Å². The van der Waals surface area contributed by atoms with Crippen LogP contribution in [-0.2, 0) is 11.3 Å². The average molecular weight is 462 g/mol. The minimum absolute atomic E-state index is 0. The second kappa shape index (κ2) is 13.0. The van der Waals surface area contributed by atoms with Crippen molar-refractivity contribution in [3.63, 3.8) is 0 Å². The molecule has 1 aliphatic rings. The van der Waals surface area contributed by atoms with E-state index in [0.29, 0.717) is 6.04 Å². The van der Waals surface area contributed by atoms with Gasteiger partial charge in [-0.05, 0) is 37.6 Å². The molecule has 0 radical (unpaired) electrons. The number of aromatic nitrogens is 1. The smallest absolute Gasteiger partial charge is 0.221 e. The fourth-order valence-electron chi connectivity index (χ4n) is 3.31. The summed E-state index contributed by atoms with van der Waals surface area (Å²) in [6.45, 7) is 11.5. The van der Waals surface area contributed by atoms with Gasteiger partial charge >= 0.3 is 0 Å². The lowest BCUT2D eigenvalue weighted by Gasteiger charge is -2.36. The molecule has 0 bridgehead atoms. The lowest BCUT2D eigenvalue weighted by atomic mass is 10.1. The third-order valence-corrected chi connectivity index (χ3v) is 4.87. The standard InChI is InChI=1S/C21H28N4O.3ClH/c1-16(2)25-12-10-24(11-13-25)15-18-4-9-21(22-14-18)19-5-7-20(8-6-19)23-17(3)26;;;/h4-9,14,16H,10-13,15H2,1-3H3,(H,23,26);3*1H. The van der Waals surface area contributed by atoms with Gasteiger partial charge in [0.15, 0.2) is 0 Å². The third-order valence-electron chi connectivity index (χ3n) is 4.87. The first-order chi connectivity index (χ1) is 12.5. The van der Waals surface area contributed by atoms with Crippen LogP contribution in [-0.4, -0.2) is 52.9 Å². The van der Waals surface area contributed by atoms with Crippen LogP contribution in [0.4, 0.5) is 5.69 Å². The molecular weight excluding hydrogens is 431 g/mol. The van der Waals surface area contributed by atoms with Crippen molar-refractivity contribution in [2.45, 2.75) is 33.4 Å². The summed E-state index contributed by atoms with van der Waals surface area (Å²) in [6, 6.07) is 12.7. The monoisotopic (exact) mass is 460 g/mol. The number of nitrogens with zero attached hydrogens (tertiary/aromatic N) is 3. The maximum atomic E-state index is 11.1. The average Bonchev–Trinajstić information content (AvgIpc) is 2.63. The van der Waals surface area contributed by atoms with Crippen LogP contribution in [0.5, 0.6) is 0 Å². The summed E-state index contributed by atoms with van der Waals surface area (Å²) in [7, 11) is 0. The highest BCUT2D eigenvalue weighted by atomic mass is 35.5. The minimum atomic E-state index is -0.0607. The zero-order valence-electron chi connectivity index (χ0n) is 17.1. The van der Waals surface area contributed by atoms with E-state index in [-0.39, 0.29) is 43.1 Å². The Balaban J connectivity index is 0.00000261. The van der Waals surface area contributed by atoms with E-state index in [4.69, 9.17) is 0 Å². The molecule has 1 N–H and O–H groups in total. The van der Waals surface area contributed by atoms with E-state index in [1.807, 2.05) is 30.5 Å². The van der Waals surface area contributed by atoms with Gasteiger partial charge < -0.3 is 5.32 Å². The molecule has 1 aromatic carbocycles. The largest absolute Gasteiger partial charge is 0.326 e. The number of pyridine rings is 1. The Morgan fingerprint density at radius 2 is 1.62 bits per heavy atom. The SMILES string of the molecule is CC(=O)Nc1ccc(-c2ccc(CN3CCN(C(C)C)CC3)cn2)cc1.Cl.Cl.Cl. The van der Waals surface area contributed by atoms with Gasteiger partial charge in [0.25, 0.3) is 0 Å². The lowest BCUT2D eigenvalue weighted by Crippen LogP contribution is -2.48. The van der Waals surface area contributed by atoms with Crippen molar-refractivity contribution in [1.82, 2.24) is 14.8 Å². The van der Waals surface area contributed by atoms with Crippen LogP contribution in [0, 0.1) is 0 Å². The lowest BCUT2D eigenvalue weighted by molar-refractivity contribution is -0.114. The summed E-state index contributed by atoms with van der Waals surface area (Å²) >= 11 is 0. The molecule has 2 aromatic rings. The molecule has 1 fully saturated rings. The molecule has 0 saturated carbocycles. The Kier molecular flexibility index (Phi) is 12.4. The Labute approximate surface area is 192 Å². The van der Waals surface area contributed by atoms with Gasteiger partial charge in [0.1, 0.15) is 0 Å². The van der Waals surface area contributed by atoms with Crippen molar-refractivity contribution in [2.24, 2.45) is 0 Å². The molecule has 0 aliphatic carbocycles. The topological polar surface area (TPSA) is 48.5 Å². The normalized spacial score (nSPS) is 14.3. The number of carbonyl (C=O) groups excluding carboxylic acids is 1. The highest BCUT2D eigenvalue weighted by Crippen LogP contribution is 2.20. The molecule has 0 spiro atoms. The molecule has 0 unspecified atom stereocenters. The predicted molar refractivity (Wildman–Crippen MR) is 128 cm³/mol. The number of hydrogen-bond donors (Lipinski definition) is 1. The van der Waals surface area contributed by atoms with Gasteiger partial charge in [0.05, 0.1) is 5.69 Å². The third kappa shape index (κ3) is 8.11. The maximum Gasteiger partial charge on any atom is 0.221 e. The quantitative estimate of drug-likeness (QED) is 0.712. The number of halogens is 3. The molecule has 1 amide bonds. The summed E-state index contributed by atoms with van der Waals surface area (Å²) in [5, 5.41) is 2.78. The van der Waals surface area contributed by atoms with Crippen LogP contribution in [0.25, 0.3) is 11.3 Å². The van der Waals surface area contributed by atoms with Crippen LogP contribution in [0.2, 0.25) is 0 Å². The summed E-state index contributed by atoms with van der Waals surface area (Å²) in [6.07, 6.45) is 1.98. The van der Waals surface area contributed by atoms with Crippen molar-refractivity contribution in [3.05, 3.63) is 48.2 Å². The number of nitrogens with one attached hydrogen (secondary N) is 1. The summed E-state index contributed by atoms with van der Waals surface area (Å²) in [4.78, 5) is 20.7. The molecule has 29 heavy (non-hydrogen) atoms. The second-order valence-electron chi connectivity index (χ2n) is 7.22. The van der Waals surface area contributed by atoms with E-state index in [1.54, 1.807) is 0 Å². The van der Waals surface area contributed by atoms with Crippen LogP contribution >= 0.6 is 37.2 Å². The predicted octanol–water partition coefficient (Wildman–Crippen LogP) is 4.50. The fraction of sp³-hybridized carbons (Fsp3) is 0.429. The second-order valence-corrected chi connectivity index (χ2v) is 7.22. The zero-order chi connectivity index (χ0) is 18.5. The molecule has 162 valence electrons. The molecule has 0 atom stereocenters. The van der Waals surface area contributed by atoms with E-state index in [1.165, 1.54) is 12.5 Å². The summed E-state index contributed by atoms with van der Waals surface area (Å²) in [5.74, 6) is -0.0607. The van der Waals surface area contributed by atoms with Crippen LogP contribution in [0.3, 0.4) is 0 Å². The highest BCUT2D eigenvalue weighted by Gasteiger charge is 2.18. The fourth-order valence-corrected chi connectivity index (χ4v) is 3.31. The number of amides is 1. The molecule has 1 aromatic heterocycles. The Morgan fingerprint density at radius 3 is 2.10 bits per heavy atom. The van der Waals surface area contributed by atoms with Gasteiger partial charge in [-0.25, -0.2) is 0 Å². The Hall–Kier alpha value is -1.37. The minimum Gasteiger partial charge on any atom is -0.326 e. The number of rotatable bonds is 5. The molecule has 1 aliphatic heterocycles. The van der Waals surface area contributed by atoms with E-state index >= 15 is 0 Å². The first-order valence-corrected chi connectivity index (χ1v) is 9.30. The zero-order valence-corrected chi connectivity index (χ0v) is 19.6. The van der Waals surface area contributed by atoms with E-state index in [0.717, 1.165) is 49.7 Å². The van der Waals surface area contributed by atoms with Gasteiger partial charge in [0.2, 0.25) is 5.91 Å². The van der Waals surface area contributed by atoms with Crippen LogP contribution in [0.1, 0.15) is 26.3 Å². The molecule has 1 saturated heterocycles. The van der Waals surface area contributed by atoms with E-state index < -0.39 is 0 Å². The molecule has 2 heterocycles. The van der Waals surface area contributed by atoms with Gasteiger partial charge in [-0.15, -0.1) is 37.2 Å². The van der Waals surface area contributed by atoms with Crippen LogP contribution in [0.15, 0.2) is 42.6 Å². The number of hydrogen-bond acceptors (Lipinski definition) is 4. The van der Waals surface area contributed by atoms with Crippen molar-refractivity contribution in [2.75, 3.05) is 31.5 Å². The van der Waals surface area contributed by atoms with Crippen molar-refractivity contribution < 1.29 is 4.79 Å². The number of anilines is 1. The van der Waals surface area contributed by atoms with E-state index in [9.17, 15) is 4.79 Å². The molecule has 8 heteroatoms. The Morgan fingerprint density at radius 1 is 1.00 bits per heavy atom.